The molecular weight excluding hydrogens is 236 g/mol. The second-order valence-electron chi connectivity index (χ2n) is 6.28. The molecule has 1 saturated carbocycles. The molecule has 1 heterocycles. The van der Waals surface area contributed by atoms with Crippen molar-refractivity contribution in [3.05, 3.63) is 35.5 Å². The van der Waals surface area contributed by atoms with Crippen LogP contribution in [0.5, 0.6) is 0 Å². The summed E-state index contributed by atoms with van der Waals surface area (Å²) in [7, 11) is 0. The van der Waals surface area contributed by atoms with E-state index in [9.17, 15) is 4.79 Å². The average molecular weight is 258 g/mol. The van der Waals surface area contributed by atoms with Gasteiger partial charge in [-0.2, -0.15) is 0 Å². The Morgan fingerprint density at radius 1 is 1.37 bits per heavy atom. The summed E-state index contributed by atoms with van der Waals surface area (Å²) in [5.41, 5.74) is 2.40. The molecule has 1 N–H and O–H groups in total. The number of nitrogens with zero attached hydrogens (tertiary/aromatic N) is 1. The zero-order valence-electron chi connectivity index (χ0n) is 12.3. The third-order valence-electron chi connectivity index (χ3n) is 3.87. The summed E-state index contributed by atoms with van der Waals surface area (Å²) in [4.78, 5) is 16.5. The van der Waals surface area contributed by atoms with Gasteiger partial charge in [0.25, 0.3) is 0 Å². The van der Waals surface area contributed by atoms with E-state index >= 15 is 0 Å². The van der Waals surface area contributed by atoms with Crippen molar-refractivity contribution in [2.45, 2.75) is 34.6 Å². The second kappa shape index (κ2) is 4.80. The monoisotopic (exact) mass is 258 g/mol. The van der Waals surface area contributed by atoms with Crippen molar-refractivity contribution in [3.63, 3.8) is 0 Å². The van der Waals surface area contributed by atoms with Gasteiger partial charge in [0.1, 0.15) is 5.82 Å². The van der Waals surface area contributed by atoms with E-state index in [4.69, 9.17) is 0 Å². The van der Waals surface area contributed by atoms with Gasteiger partial charge in [-0.15, -0.1) is 0 Å². The van der Waals surface area contributed by atoms with Gasteiger partial charge in [0, 0.05) is 6.20 Å². The number of pyridine rings is 1. The molecule has 19 heavy (non-hydrogen) atoms. The van der Waals surface area contributed by atoms with Gasteiger partial charge in [-0.05, 0) is 43.7 Å². The predicted octanol–water partition coefficient (Wildman–Crippen LogP) is 3.57. The van der Waals surface area contributed by atoms with Crippen LogP contribution in [-0.4, -0.2) is 10.9 Å². The first kappa shape index (κ1) is 13.8. The second-order valence-corrected chi connectivity index (χ2v) is 6.28. The molecule has 3 heteroatoms. The van der Waals surface area contributed by atoms with E-state index in [1.807, 2.05) is 19.1 Å². The van der Waals surface area contributed by atoms with Gasteiger partial charge in [-0.1, -0.05) is 31.6 Å². The molecule has 0 spiro atoms. The van der Waals surface area contributed by atoms with Gasteiger partial charge in [0.2, 0.25) is 5.91 Å². The molecule has 2 atom stereocenters. The molecule has 1 aromatic rings. The van der Waals surface area contributed by atoms with Gasteiger partial charge in [-0.3, -0.25) is 4.79 Å². The van der Waals surface area contributed by atoms with Crippen LogP contribution in [0.25, 0.3) is 0 Å². The van der Waals surface area contributed by atoms with Crippen molar-refractivity contribution in [1.82, 2.24) is 4.98 Å². The van der Waals surface area contributed by atoms with Gasteiger partial charge >= 0.3 is 0 Å². The van der Waals surface area contributed by atoms with Crippen molar-refractivity contribution in [2.75, 3.05) is 5.32 Å². The van der Waals surface area contributed by atoms with Crippen molar-refractivity contribution in [1.29, 1.82) is 0 Å². The number of carbonyl (C=O) groups excluding carboxylic acids is 1. The molecule has 0 aromatic carbocycles. The van der Waals surface area contributed by atoms with Crippen molar-refractivity contribution in [3.8, 4) is 0 Å². The lowest BCUT2D eigenvalue weighted by atomic mass is 10.1. The highest BCUT2D eigenvalue weighted by atomic mass is 16.2. The van der Waals surface area contributed by atoms with Crippen LogP contribution < -0.4 is 5.32 Å². The minimum absolute atomic E-state index is 0.0468. The Balaban J connectivity index is 2.05. The Kier molecular flexibility index (Phi) is 3.48. The third-order valence-corrected chi connectivity index (χ3v) is 3.87. The highest BCUT2D eigenvalue weighted by Gasteiger charge is 2.60. The van der Waals surface area contributed by atoms with E-state index in [-0.39, 0.29) is 17.2 Å². The molecule has 102 valence electrons. The number of nitrogens with one attached hydrogen (secondary N) is 1. The van der Waals surface area contributed by atoms with Crippen LogP contribution in [0.4, 0.5) is 5.82 Å². The summed E-state index contributed by atoms with van der Waals surface area (Å²) in [5, 5.41) is 2.91. The predicted molar refractivity (Wildman–Crippen MR) is 77.8 cm³/mol. The lowest BCUT2D eigenvalue weighted by Crippen LogP contribution is -2.17. The zero-order valence-corrected chi connectivity index (χ0v) is 12.3. The summed E-state index contributed by atoms with van der Waals surface area (Å²) in [6, 6.07) is 3.80. The number of allylic oxidation sites excluding steroid dienone is 2. The van der Waals surface area contributed by atoms with Crippen LogP contribution in [0.2, 0.25) is 0 Å². The largest absolute Gasteiger partial charge is 0.310 e. The first-order valence-electron chi connectivity index (χ1n) is 6.71. The summed E-state index contributed by atoms with van der Waals surface area (Å²) in [6.45, 7) is 10.4. The minimum atomic E-state index is 0.0468. The average Bonchev–Trinajstić information content (AvgIpc) is 2.83. The number of anilines is 1. The maximum atomic E-state index is 12.3. The maximum Gasteiger partial charge on any atom is 0.229 e. The lowest BCUT2D eigenvalue weighted by Gasteiger charge is -2.05. The van der Waals surface area contributed by atoms with Crippen LogP contribution in [-0.2, 0) is 4.79 Å². The smallest absolute Gasteiger partial charge is 0.229 e. The SMILES string of the molecule is CC(C)=C[C@H]1[C@@H](C(=O)Nc2ccc(C)cn2)C1(C)C. The first-order valence-corrected chi connectivity index (χ1v) is 6.71. The molecule has 1 aromatic heterocycles. The normalized spacial score (nSPS) is 23.6. The zero-order chi connectivity index (χ0) is 14.2. The summed E-state index contributed by atoms with van der Waals surface area (Å²) < 4.78 is 0. The van der Waals surface area contributed by atoms with E-state index in [0.717, 1.165) is 5.56 Å². The van der Waals surface area contributed by atoms with Gasteiger partial charge in [-0.25, -0.2) is 4.98 Å². The van der Waals surface area contributed by atoms with Crippen LogP contribution in [0.15, 0.2) is 30.0 Å². The van der Waals surface area contributed by atoms with Crippen molar-refractivity contribution >= 4 is 11.7 Å². The minimum Gasteiger partial charge on any atom is -0.310 e. The van der Waals surface area contributed by atoms with Crippen molar-refractivity contribution in [2.24, 2.45) is 17.3 Å². The molecule has 0 radical (unpaired) electrons. The third kappa shape index (κ3) is 2.86. The van der Waals surface area contributed by atoms with Crippen LogP contribution in [0.3, 0.4) is 0 Å². The Bertz CT molecular complexity index is 510. The van der Waals surface area contributed by atoms with E-state index < -0.39 is 0 Å². The first-order chi connectivity index (χ1) is 8.82. The molecule has 1 aliphatic carbocycles. The summed E-state index contributed by atoms with van der Waals surface area (Å²) in [5.74, 6) is 1.09. The fourth-order valence-corrected chi connectivity index (χ4v) is 2.59. The Labute approximate surface area is 115 Å². The summed E-state index contributed by atoms with van der Waals surface area (Å²) in [6.07, 6.45) is 3.97. The van der Waals surface area contributed by atoms with Crippen LogP contribution >= 0.6 is 0 Å². The quantitative estimate of drug-likeness (QED) is 0.842. The van der Waals surface area contributed by atoms with Gasteiger partial charge in [0.15, 0.2) is 0 Å². The van der Waals surface area contributed by atoms with E-state index in [1.54, 1.807) is 6.20 Å². The number of carbonyl (C=O) groups is 1. The molecular formula is C16H22N2O. The Morgan fingerprint density at radius 2 is 2.05 bits per heavy atom. The lowest BCUT2D eigenvalue weighted by molar-refractivity contribution is -0.118. The number of aromatic nitrogens is 1. The molecule has 0 aliphatic heterocycles. The fraction of sp³-hybridized carbons (Fsp3) is 0.500. The highest BCUT2D eigenvalue weighted by molar-refractivity contribution is 5.95. The molecule has 0 saturated heterocycles. The fourth-order valence-electron chi connectivity index (χ4n) is 2.59. The molecule has 2 rings (SSSR count). The number of hydrogen-bond donors (Lipinski definition) is 1. The van der Waals surface area contributed by atoms with E-state index in [0.29, 0.717) is 11.7 Å². The molecule has 1 aliphatic rings. The van der Waals surface area contributed by atoms with Crippen molar-refractivity contribution < 1.29 is 4.79 Å². The number of rotatable bonds is 3. The number of hydrogen-bond acceptors (Lipinski definition) is 2. The van der Waals surface area contributed by atoms with Gasteiger partial charge in [0.05, 0.1) is 5.92 Å². The molecule has 1 amide bonds. The standard InChI is InChI=1S/C16H22N2O/c1-10(2)8-12-14(16(12,4)5)15(19)18-13-7-6-11(3)9-17-13/h6-9,12,14H,1-5H3,(H,17,18,19)/t12-,14-/m0/s1. The number of amides is 1. The topological polar surface area (TPSA) is 42.0 Å². The van der Waals surface area contributed by atoms with Crippen LogP contribution in [0, 0.1) is 24.2 Å². The van der Waals surface area contributed by atoms with E-state index in [1.165, 1.54) is 5.57 Å². The van der Waals surface area contributed by atoms with Crippen LogP contribution in [0.1, 0.15) is 33.3 Å². The molecule has 0 unspecified atom stereocenters. The molecule has 0 bridgehead atoms. The highest BCUT2D eigenvalue weighted by Crippen LogP contribution is 2.59. The van der Waals surface area contributed by atoms with E-state index in [2.05, 4.69) is 44.1 Å². The Hall–Kier alpha value is -1.64. The molecule has 1 fully saturated rings. The summed E-state index contributed by atoms with van der Waals surface area (Å²) >= 11 is 0. The van der Waals surface area contributed by atoms with Gasteiger partial charge < -0.3 is 5.32 Å². The number of aryl methyl sites for hydroxylation is 1. The molecule has 3 nitrogen and oxygen atoms in total. The Morgan fingerprint density at radius 3 is 2.58 bits per heavy atom. The maximum absolute atomic E-state index is 12.3.